The fraction of sp³-hybridized carbons (Fsp3) is 0.591. The molecule has 176 valence electrons. The molecule has 10 heteroatoms. The molecule has 2 heterocycles. The van der Waals surface area contributed by atoms with Crippen molar-refractivity contribution < 1.29 is 32.3 Å². The molecule has 32 heavy (non-hydrogen) atoms. The molecule has 1 atom stereocenters. The Kier molecular flexibility index (Phi) is 6.44. The van der Waals surface area contributed by atoms with Crippen LogP contribution in [-0.4, -0.2) is 66.5 Å². The highest BCUT2D eigenvalue weighted by atomic mass is 19.4. The van der Waals surface area contributed by atoms with Crippen LogP contribution in [0.4, 0.5) is 23.7 Å². The van der Waals surface area contributed by atoms with Gasteiger partial charge in [0.1, 0.15) is 12.1 Å². The van der Waals surface area contributed by atoms with Crippen molar-refractivity contribution >= 4 is 24.1 Å². The lowest BCUT2D eigenvalue weighted by Gasteiger charge is -2.27. The van der Waals surface area contributed by atoms with Gasteiger partial charge in [-0.3, -0.25) is 9.59 Å². The molecule has 0 aromatic heterocycles. The first kappa shape index (κ1) is 23.9. The molecular weight excluding hydrogens is 427 g/mol. The molecule has 2 aliphatic heterocycles. The minimum Gasteiger partial charge on any atom is -0.444 e. The van der Waals surface area contributed by atoms with Gasteiger partial charge >= 0.3 is 12.3 Å². The lowest BCUT2D eigenvalue weighted by atomic mass is 9.86. The summed E-state index contributed by atoms with van der Waals surface area (Å²) in [6.07, 6.45) is -3.11. The summed E-state index contributed by atoms with van der Waals surface area (Å²) < 4.78 is 44.3. The normalized spacial score (nSPS) is 21.2. The number of carbonyl (C=O) groups excluding carboxylic acids is 3. The first-order chi connectivity index (χ1) is 14.8. The number of carbonyl (C=O) groups is 3. The Hall–Kier alpha value is -2.78. The summed E-state index contributed by atoms with van der Waals surface area (Å²) in [4.78, 5) is 40.9. The van der Waals surface area contributed by atoms with Crippen LogP contribution in [0.25, 0.3) is 0 Å². The van der Waals surface area contributed by atoms with E-state index in [1.165, 1.54) is 12.1 Å². The van der Waals surface area contributed by atoms with E-state index in [1.54, 1.807) is 30.6 Å². The van der Waals surface area contributed by atoms with E-state index in [1.807, 2.05) is 0 Å². The van der Waals surface area contributed by atoms with E-state index in [-0.39, 0.29) is 29.6 Å². The van der Waals surface area contributed by atoms with Crippen LogP contribution in [0.15, 0.2) is 24.3 Å². The van der Waals surface area contributed by atoms with Crippen molar-refractivity contribution in [1.29, 1.82) is 0 Å². The summed E-state index contributed by atoms with van der Waals surface area (Å²) in [5.41, 5.74) is -1.70. The van der Waals surface area contributed by atoms with E-state index in [0.717, 1.165) is 23.5 Å². The minimum atomic E-state index is -4.54. The molecule has 0 radical (unpaired) electrons. The maximum atomic E-state index is 13.0. The van der Waals surface area contributed by atoms with Crippen molar-refractivity contribution in [2.45, 2.75) is 45.4 Å². The van der Waals surface area contributed by atoms with Gasteiger partial charge < -0.3 is 19.4 Å². The fourth-order valence-electron chi connectivity index (χ4n) is 4.19. The molecule has 1 spiro atoms. The number of amides is 3. The van der Waals surface area contributed by atoms with Gasteiger partial charge in [0.05, 0.1) is 5.56 Å². The smallest absolute Gasteiger partial charge is 0.416 e. The van der Waals surface area contributed by atoms with Crippen molar-refractivity contribution in [3.05, 3.63) is 29.8 Å². The molecule has 0 bridgehead atoms. The van der Waals surface area contributed by atoms with Crippen LogP contribution in [-0.2, 0) is 20.5 Å². The molecule has 2 saturated heterocycles. The molecule has 0 aliphatic carbocycles. The highest BCUT2D eigenvalue weighted by molar-refractivity contribution is 5.89. The zero-order valence-corrected chi connectivity index (χ0v) is 18.4. The quantitative estimate of drug-likeness (QED) is 0.652. The van der Waals surface area contributed by atoms with Gasteiger partial charge in [-0.25, -0.2) is 4.79 Å². The molecule has 2 fully saturated rings. The topological polar surface area (TPSA) is 70.2 Å². The van der Waals surface area contributed by atoms with Crippen LogP contribution in [0.2, 0.25) is 0 Å². The molecule has 2 aliphatic rings. The summed E-state index contributed by atoms with van der Waals surface area (Å²) in [6.45, 7) is 6.98. The SMILES string of the molecule is CC(C)(C)OC(=O)N1CCC2(CCN(C(=O)CN(C=O)c3cccc(C(F)(F)F)c3)C2)C1. The molecule has 1 aromatic rings. The Balaban J connectivity index is 1.61. The van der Waals surface area contributed by atoms with Gasteiger partial charge in [-0.1, -0.05) is 6.07 Å². The van der Waals surface area contributed by atoms with Gasteiger partial charge in [-0.15, -0.1) is 0 Å². The number of hydrogen-bond donors (Lipinski definition) is 0. The van der Waals surface area contributed by atoms with E-state index >= 15 is 0 Å². The number of anilines is 1. The Bertz CT molecular complexity index is 884. The van der Waals surface area contributed by atoms with E-state index < -0.39 is 17.3 Å². The second kappa shape index (κ2) is 8.63. The van der Waals surface area contributed by atoms with Gasteiger partial charge in [0.15, 0.2) is 0 Å². The lowest BCUT2D eigenvalue weighted by Crippen LogP contribution is -2.41. The largest absolute Gasteiger partial charge is 0.444 e. The maximum Gasteiger partial charge on any atom is 0.416 e. The van der Waals surface area contributed by atoms with E-state index in [4.69, 9.17) is 4.74 Å². The third-order valence-corrected chi connectivity index (χ3v) is 5.82. The number of benzene rings is 1. The third-order valence-electron chi connectivity index (χ3n) is 5.82. The van der Waals surface area contributed by atoms with Crippen LogP contribution in [0.3, 0.4) is 0 Å². The Morgan fingerprint density at radius 1 is 1.12 bits per heavy atom. The number of likely N-dealkylation sites (tertiary alicyclic amines) is 2. The van der Waals surface area contributed by atoms with Crippen LogP contribution >= 0.6 is 0 Å². The molecule has 3 rings (SSSR count). The highest BCUT2D eigenvalue weighted by Crippen LogP contribution is 2.40. The second-order valence-electron chi connectivity index (χ2n) is 9.50. The highest BCUT2D eigenvalue weighted by Gasteiger charge is 2.46. The molecule has 0 N–H and O–H groups in total. The van der Waals surface area contributed by atoms with Gasteiger partial charge in [-0.2, -0.15) is 13.2 Å². The zero-order valence-electron chi connectivity index (χ0n) is 18.4. The number of halogens is 3. The predicted molar refractivity (Wildman–Crippen MR) is 111 cm³/mol. The molecule has 1 aromatic carbocycles. The van der Waals surface area contributed by atoms with Gasteiger partial charge in [0.2, 0.25) is 12.3 Å². The van der Waals surface area contributed by atoms with E-state index in [0.29, 0.717) is 39.0 Å². The van der Waals surface area contributed by atoms with Gasteiger partial charge in [-0.05, 0) is 51.8 Å². The molecule has 3 amide bonds. The van der Waals surface area contributed by atoms with Crippen molar-refractivity contribution in [3.8, 4) is 0 Å². The average molecular weight is 455 g/mol. The Morgan fingerprint density at radius 3 is 2.34 bits per heavy atom. The number of alkyl halides is 3. The zero-order chi connectivity index (χ0) is 23.7. The molecule has 1 unspecified atom stereocenters. The summed E-state index contributed by atoms with van der Waals surface area (Å²) in [7, 11) is 0. The number of hydrogen-bond acceptors (Lipinski definition) is 4. The number of ether oxygens (including phenoxy) is 1. The molecular formula is C22H28F3N3O4. The van der Waals surface area contributed by atoms with Crippen molar-refractivity contribution in [3.63, 3.8) is 0 Å². The van der Waals surface area contributed by atoms with Gasteiger partial charge in [0.25, 0.3) is 0 Å². The third kappa shape index (κ3) is 5.52. The van der Waals surface area contributed by atoms with Crippen LogP contribution in [0.1, 0.15) is 39.2 Å². The lowest BCUT2D eigenvalue weighted by molar-refractivity contribution is -0.137. The van der Waals surface area contributed by atoms with Crippen LogP contribution in [0, 0.1) is 5.41 Å². The van der Waals surface area contributed by atoms with Crippen molar-refractivity contribution in [2.75, 3.05) is 37.6 Å². The standard InChI is InChI=1S/C22H28F3N3O4/c1-20(2,3)32-19(31)27-10-8-21(14-27)7-9-26(13-21)18(30)12-28(15-29)17-6-4-5-16(11-17)22(23,24)25/h4-6,11,15H,7-10,12-14H2,1-3H3. The molecule has 0 saturated carbocycles. The van der Waals surface area contributed by atoms with E-state index in [2.05, 4.69) is 0 Å². The summed E-state index contributed by atoms with van der Waals surface area (Å²) in [5, 5.41) is 0. The van der Waals surface area contributed by atoms with E-state index in [9.17, 15) is 27.6 Å². The summed E-state index contributed by atoms with van der Waals surface area (Å²) in [5.74, 6) is -0.345. The predicted octanol–water partition coefficient (Wildman–Crippen LogP) is 3.53. The fourth-order valence-corrected chi connectivity index (χ4v) is 4.19. The first-order valence-electron chi connectivity index (χ1n) is 10.5. The van der Waals surface area contributed by atoms with Gasteiger partial charge in [0, 0.05) is 37.3 Å². The second-order valence-corrected chi connectivity index (χ2v) is 9.50. The maximum absolute atomic E-state index is 13.0. The van der Waals surface area contributed by atoms with Crippen molar-refractivity contribution in [1.82, 2.24) is 9.80 Å². The van der Waals surface area contributed by atoms with Crippen molar-refractivity contribution in [2.24, 2.45) is 5.41 Å². The first-order valence-corrected chi connectivity index (χ1v) is 10.5. The number of nitrogens with zero attached hydrogens (tertiary/aromatic N) is 3. The van der Waals surface area contributed by atoms with Crippen LogP contribution in [0.5, 0.6) is 0 Å². The molecule has 7 nitrogen and oxygen atoms in total. The Labute approximate surface area is 185 Å². The number of rotatable bonds is 4. The average Bonchev–Trinajstić information content (AvgIpc) is 3.31. The summed E-state index contributed by atoms with van der Waals surface area (Å²) in [6, 6.07) is 4.32. The monoisotopic (exact) mass is 455 g/mol. The van der Waals surface area contributed by atoms with Crippen LogP contribution < -0.4 is 4.90 Å². The Morgan fingerprint density at radius 2 is 1.75 bits per heavy atom. The minimum absolute atomic E-state index is 0.00838. The summed E-state index contributed by atoms with van der Waals surface area (Å²) >= 11 is 0.